The Morgan fingerprint density at radius 3 is 2.56 bits per heavy atom. The van der Waals surface area contributed by atoms with E-state index in [2.05, 4.69) is 10.3 Å². The number of carbonyl (C=O) groups is 2. The zero-order chi connectivity index (χ0) is 23.1. The maximum absolute atomic E-state index is 13.0. The van der Waals surface area contributed by atoms with Crippen molar-refractivity contribution >= 4 is 11.9 Å². The number of ether oxygens (including phenoxy) is 1. The van der Waals surface area contributed by atoms with Crippen molar-refractivity contribution in [3.05, 3.63) is 78.4 Å². The molecule has 3 rings (SSSR count). The van der Waals surface area contributed by atoms with Gasteiger partial charge in [-0.25, -0.2) is 9.78 Å². The molecule has 0 saturated heterocycles. The number of para-hydroxylation sites is 1. The van der Waals surface area contributed by atoms with Gasteiger partial charge >= 0.3 is 12.6 Å². The Kier molecular flexibility index (Phi) is 7.37. The van der Waals surface area contributed by atoms with Gasteiger partial charge < -0.3 is 20.7 Å². The highest BCUT2D eigenvalue weighted by Crippen LogP contribution is 2.26. The van der Waals surface area contributed by atoms with Crippen LogP contribution in [-0.4, -0.2) is 33.4 Å². The fourth-order valence-corrected chi connectivity index (χ4v) is 3.12. The molecule has 3 N–H and O–H groups in total. The summed E-state index contributed by atoms with van der Waals surface area (Å²) in [5.41, 5.74) is 5.91. The van der Waals surface area contributed by atoms with Crippen LogP contribution in [0.4, 0.5) is 13.6 Å². The first-order valence-corrected chi connectivity index (χ1v) is 9.76. The molecule has 0 aliphatic heterocycles. The molecule has 1 atom stereocenters. The van der Waals surface area contributed by atoms with Crippen LogP contribution >= 0.6 is 0 Å². The number of alkyl halides is 2. The van der Waals surface area contributed by atoms with E-state index in [1.54, 1.807) is 36.4 Å². The smallest absolute Gasteiger partial charge is 0.319 e. The van der Waals surface area contributed by atoms with Gasteiger partial charge in [0.05, 0.1) is 19.0 Å². The van der Waals surface area contributed by atoms with Crippen LogP contribution in [0.2, 0.25) is 0 Å². The first-order chi connectivity index (χ1) is 15.3. The Morgan fingerprint density at radius 2 is 1.88 bits per heavy atom. The van der Waals surface area contributed by atoms with Crippen LogP contribution < -0.4 is 15.8 Å². The van der Waals surface area contributed by atoms with Crippen LogP contribution in [0.5, 0.6) is 11.5 Å². The predicted octanol–water partition coefficient (Wildman–Crippen LogP) is 3.83. The van der Waals surface area contributed by atoms with Crippen molar-refractivity contribution in [1.82, 2.24) is 19.8 Å². The highest BCUT2D eigenvalue weighted by molar-refractivity contribution is 5.78. The number of hydrogen-bond donors (Lipinski definition) is 2. The van der Waals surface area contributed by atoms with E-state index in [1.807, 2.05) is 18.2 Å². The molecular weight excluding hydrogens is 420 g/mol. The molecule has 0 saturated carbocycles. The highest BCUT2D eigenvalue weighted by Gasteiger charge is 2.22. The van der Waals surface area contributed by atoms with Gasteiger partial charge in [-0.3, -0.25) is 9.36 Å². The van der Waals surface area contributed by atoms with Crippen LogP contribution in [0.15, 0.2) is 67.0 Å². The molecule has 32 heavy (non-hydrogen) atoms. The number of urea groups is 1. The molecule has 0 aliphatic carbocycles. The average Bonchev–Trinajstić information content (AvgIpc) is 3.22. The molecule has 1 unspecified atom stereocenters. The lowest BCUT2D eigenvalue weighted by molar-refractivity contribution is -0.131. The number of imidazole rings is 1. The molecule has 8 nitrogen and oxygen atoms in total. The van der Waals surface area contributed by atoms with Gasteiger partial charge in [0.2, 0.25) is 5.91 Å². The van der Waals surface area contributed by atoms with Crippen LogP contribution in [0.3, 0.4) is 0 Å². The Bertz CT molecular complexity index is 1060. The van der Waals surface area contributed by atoms with Crippen molar-refractivity contribution in [2.75, 3.05) is 7.05 Å². The Balaban J connectivity index is 1.73. The lowest BCUT2D eigenvalue weighted by atomic mass is 10.0. The third kappa shape index (κ3) is 6.03. The lowest BCUT2D eigenvalue weighted by Gasteiger charge is -2.23. The van der Waals surface area contributed by atoms with Crippen LogP contribution in [0.1, 0.15) is 30.4 Å². The van der Waals surface area contributed by atoms with Crippen LogP contribution in [0.25, 0.3) is 0 Å². The lowest BCUT2D eigenvalue weighted by Crippen LogP contribution is -2.37. The number of primary amides is 1. The van der Waals surface area contributed by atoms with Crippen LogP contribution in [-0.2, 0) is 11.3 Å². The third-order valence-electron chi connectivity index (χ3n) is 4.70. The third-order valence-corrected chi connectivity index (χ3v) is 4.70. The fourth-order valence-electron chi connectivity index (χ4n) is 3.12. The number of aromatic nitrogens is 2. The molecule has 1 heterocycles. The number of hydrogen-bond acceptors (Lipinski definition) is 4. The van der Waals surface area contributed by atoms with Crippen molar-refractivity contribution in [3.8, 4) is 11.5 Å². The zero-order valence-electron chi connectivity index (χ0n) is 17.3. The summed E-state index contributed by atoms with van der Waals surface area (Å²) < 4.78 is 32.6. The van der Waals surface area contributed by atoms with Gasteiger partial charge in [-0.1, -0.05) is 30.3 Å². The standard InChI is InChI=1S/C22H23F2N5O3/c1-28(14-19-26-10-11-29(19)21(23)24)20(30)13-18(27-22(25)31)15-6-5-9-17(12-15)32-16-7-3-2-4-8-16/h2-12,18,21H,13-14H2,1H3,(H3,25,27,31). The largest absolute Gasteiger partial charge is 0.457 e. The van der Waals surface area contributed by atoms with E-state index in [-0.39, 0.29) is 24.7 Å². The summed E-state index contributed by atoms with van der Waals surface area (Å²) in [6.07, 6.45) is 2.26. The monoisotopic (exact) mass is 443 g/mol. The number of rotatable bonds is 9. The summed E-state index contributed by atoms with van der Waals surface area (Å²) in [6.45, 7) is -2.87. The number of nitrogens with two attached hydrogens (primary N) is 1. The van der Waals surface area contributed by atoms with E-state index in [9.17, 15) is 18.4 Å². The molecule has 168 valence electrons. The van der Waals surface area contributed by atoms with Crippen molar-refractivity contribution < 1.29 is 23.1 Å². The Labute approximate surface area is 183 Å². The maximum Gasteiger partial charge on any atom is 0.319 e. The second-order valence-electron chi connectivity index (χ2n) is 7.03. The number of nitrogens with one attached hydrogen (secondary N) is 1. The van der Waals surface area contributed by atoms with E-state index in [4.69, 9.17) is 10.5 Å². The van der Waals surface area contributed by atoms with Crippen molar-refractivity contribution in [3.63, 3.8) is 0 Å². The summed E-state index contributed by atoms with van der Waals surface area (Å²) >= 11 is 0. The summed E-state index contributed by atoms with van der Waals surface area (Å²) in [4.78, 5) is 29.5. The van der Waals surface area contributed by atoms with E-state index in [0.717, 1.165) is 6.20 Å². The molecular formula is C22H23F2N5O3. The number of nitrogens with zero attached hydrogens (tertiary/aromatic N) is 3. The first kappa shape index (κ1) is 22.7. The quantitative estimate of drug-likeness (QED) is 0.525. The molecule has 2 aromatic carbocycles. The van der Waals surface area contributed by atoms with Gasteiger partial charge in [0.25, 0.3) is 0 Å². The summed E-state index contributed by atoms with van der Waals surface area (Å²) in [7, 11) is 1.48. The number of benzene rings is 2. The molecule has 3 aromatic rings. The minimum Gasteiger partial charge on any atom is -0.457 e. The summed E-state index contributed by atoms with van der Waals surface area (Å²) in [6, 6.07) is 14.5. The molecule has 10 heteroatoms. The SMILES string of the molecule is CN(Cc1nccn1C(F)F)C(=O)CC(NC(N)=O)c1cccc(Oc2ccccc2)c1. The Morgan fingerprint density at radius 1 is 1.16 bits per heavy atom. The predicted molar refractivity (Wildman–Crippen MR) is 113 cm³/mol. The van der Waals surface area contributed by atoms with Gasteiger partial charge in [0, 0.05) is 19.4 Å². The molecule has 0 bridgehead atoms. The van der Waals surface area contributed by atoms with Crippen LogP contribution in [0, 0.1) is 0 Å². The Hall–Kier alpha value is -3.95. The normalized spacial score (nSPS) is 11.8. The van der Waals surface area contributed by atoms with Crippen molar-refractivity contribution in [2.45, 2.75) is 25.6 Å². The zero-order valence-corrected chi connectivity index (χ0v) is 17.3. The van der Waals surface area contributed by atoms with Gasteiger partial charge in [-0.15, -0.1) is 0 Å². The number of amides is 3. The highest BCUT2D eigenvalue weighted by atomic mass is 19.3. The number of halogens is 2. The minimum atomic E-state index is -2.76. The van der Waals surface area contributed by atoms with E-state index >= 15 is 0 Å². The van der Waals surface area contributed by atoms with Gasteiger partial charge in [-0.05, 0) is 29.8 Å². The van der Waals surface area contributed by atoms with Crippen molar-refractivity contribution in [2.24, 2.45) is 5.73 Å². The molecule has 3 amide bonds. The van der Waals surface area contributed by atoms with Gasteiger partial charge in [0.1, 0.15) is 17.3 Å². The molecule has 0 aliphatic rings. The average molecular weight is 443 g/mol. The van der Waals surface area contributed by atoms with E-state index in [1.165, 1.54) is 18.1 Å². The molecule has 0 fully saturated rings. The second-order valence-corrected chi connectivity index (χ2v) is 7.03. The number of carbonyl (C=O) groups excluding carboxylic acids is 2. The molecule has 1 aromatic heterocycles. The minimum absolute atomic E-state index is 0.0496. The molecule has 0 radical (unpaired) electrons. The van der Waals surface area contributed by atoms with Crippen molar-refractivity contribution in [1.29, 1.82) is 0 Å². The summed E-state index contributed by atoms with van der Waals surface area (Å²) in [5.74, 6) is 0.814. The maximum atomic E-state index is 13.0. The first-order valence-electron chi connectivity index (χ1n) is 9.76. The van der Waals surface area contributed by atoms with E-state index in [0.29, 0.717) is 21.6 Å². The second kappa shape index (κ2) is 10.4. The summed E-state index contributed by atoms with van der Waals surface area (Å²) in [5, 5.41) is 2.56. The molecule has 0 spiro atoms. The van der Waals surface area contributed by atoms with Gasteiger partial charge in [-0.2, -0.15) is 8.78 Å². The topological polar surface area (TPSA) is 102 Å². The van der Waals surface area contributed by atoms with E-state index < -0.39 is 18.6 Å². The van der Waals surface area contributed by atoms with Gasteiger partial charge in [0.15, 0.2) is 0 Å². The fraction of sp³-hybridized carbons (Fsp3) is 0.227.